The summed E-state index contributed by atoms with van der Waals surface area (Å²) in [5.74, 6) is -4.02. The SMILES string of the molecule is CCOC(=O)C[C@@H](c1ccc([N+](=O)[O-])cc1)[C@@H](NC(=O)[C@@H]1Cc2ccccc2CN1C(=O)OCc1ccccc1)C(=O)O. The molecule has 1 heterocycles. The maximum atomic E-state index is 13.8. The fourth-order valence-electron chi connectivity index (χ4n) is 5.01. The first kappa shape index (κ1) is 30.7. The Bertz CT molecular complexity index is 1480. The third-order valence-electron chi connectivity index (χ3n) is 7.18. The van der Waals surface area contributed by atoms with Crippen molar-refractivity contribution in [1.82, 2.24) is 10.2 Å². The van der Waals surface area contributed by atoms with Crippen LogP contribution in [0.15, 0.2) is 78.9 Å². The zero-order chi connectivity index (χ0) is 30.9. The summed E-state index contributed by atoms with van der Waals surface area (Å²) in [6.07, 6.45) is -1.06. The van der Waals surface area contributed by atoms with Crippen molar-refractivity contribution < 1.29 is 38.7 Å². The van der Waals surface area contributed by atoms with Crippen LogP contribution >= 0.6 is 0 Å². The third-order valence-corrected chi connectivity index (χ3v) is 7.18. The molecular formula is C31H31N3O9. The zero-order valence-electron chi connectivity index (χ0n) is 23.4. The second kappa shape index (κ2) is 14.1. The molecule has 0 fully saturated rings. The summed E-state index contributed by atoms with van der Waals surface area (Å²) < 4.78 is 10.6. The van der Waals surface area contributed by atoms with Gasteiger partial charge in [-0.1, -0.05) is 66.7 Å². The molecule has 1 aliphatic heterocycles. The van der Waals surface area contributed by atoms with E-state index in [9.17, 15) is 34.4 Å². The summed E-state index contributed by atoms with van der Waals surface area (Å²) in [7, 11) is 0. The number of benzene rings is 3. The first-order valence-corrected chi connectivity index (χ1v) is 13.6. The van der Waals surface area contributed by atoms with Gasteiger partial charge < -0.3 is 19.9 Å². The molecule has 0 bridgehead atoms. The lowest BCUT2D eigenvalue weighted by molar-refractivity contribution is -0.384. The van der Waals surface area contributed by atoms with Crippen LogP contribution in [0.25, 0.3) is 0 Å². The number of carboxylic acid groups (broad SMARTS) is 1. The van der Waals surface area contributed by atoms with Crippen molar-refractivity contribution in [1.29, 1.82) is 0 Å². The molecule has 0 saturated carbocycles. The number of amides is 2. The molecule has 0 aromatic heterocycles. The Labute approximate surface area is 247 Å². The van der Waals surface area contributed by atoms with Gasteiger partial charge in [0.05, 0.1) is 24.5 Å². The molecule has 12 nitrogen and oxygen atoms in total. The topological polar surface area (TPSA) is 165 Å². The Kier molecular flexibility index (Phi) is 10.0. The molecule has 0 spiro atoms. The molecule has 43 heavy (non-hydrogen) atoms. The summed E-state index contributed by atoms with van der Waals surface area (Å²) in [6, 6.07) is 18.7. The molecule has 0 saturated heterocycles. The van der Waals surface area contributed by atoms with E-state index in [1.165, 1.54) is 29.2 Å². The van der Waals surface area contributed by atoms with Crippen LogP contribution in [0.2, 0.25) is 0 Å². The normalized spacial score (nSPS) is 15.4. The second-order valence-corrected chi connectivity index (χ2v) is 9.95. The van der Waals surface area contributed by atoms with Crippen molar-refractivity contribution in [2.24, 2.45) is 0 Å². The summed E-state index contributed by atoms with van der Waals surface area (Å²) in [5.41, 5.74) is 2.45. The molecule has 3 aromatic rings. The number of carboxylic acids is 1. The highest BCUT2D eigenvalue weighted by Gasteiger charge is 2.40. The minimum atomic E-state index is -1.63. The number of nitrogens with one attached hydrogen (secondary N) is 1. The number of nitro groups is 1. The number of ether oxygens (including phenoxy) is 2. The lowest BCUT2D eigenvalue weighted by Crippen LogP contribution is -2.56. The number of hydrogen-bond donors (Lipinski definition) is 2. The molecule has 12 heteroatoms. The average Bonchev–Trinajstić information content (AvgIpc) is 3.01. The van der Waals surface area contributed by atoms with Gasteiger partial charge in [-0.3, -0.25) is 24.6 Å². The molecule has 2 amide bonds. The van der Waals surface area contributed by atoms with E-state index in [1.54, 1.807) is 37.3 Å². The highest BCUT2D eigenvalue weighted by molar-refractivity contribution is 5.90. The molecule has 4 rings (SSSR count). The van der Waals surface area contributed by atoms with Crippen LogP contribution < -0.4 is 5.32 Å². The van der Waals surface area contributed by atoms with Crippen LogP contribution in [0, 0.1) is 10.1 Å². The maximum Gasteiger partial charge on any atom is 0.411 e. The number of nitro benzene ring substituents is 1. The fourth-order valence-corrected chi connectivity index (χ4v) is 5.01. The lowest BCUT2D eigenvalue weighted by atomic mass is 9.87. The number of aliphatic carboxylic acids is 1. The van der Waals surface area contributed by atoms with Gasteiger partial charge in [0.1, 0.15) is 18.7 Å². The van der Waals surface area contributed by atoms with Crippen LogP contribution in [-0.4, -0.2) is 57.6 Å². The number of fused-ring (bicyclic) bond motifs is 1. The van der Waals surface area contributed by atoms with Gasteiger partial charge in [0, 0.05) is 24.5 Å². The van der Waals surface area contributed by atoms with Crippen molar-refractivity contribution in [2.75, 3.05) is 6.61 Å². The molecule has 0 aliphatic carbocycles. The van der Waals surface area contributed by atoms with Crippen LogP contribution in [-0.2, 0) is 43.4 Å². The minimum absolute atomic E-state index is 0.0222. The number of rotatable bonds is 11. The van der Waals surface area contributed by atoms with Gasteiger partial charge in [0.25, 0.3) is 5.69 Å². The second-order valence-electron chi connectivity index (χ2n) is 9.95. The van der Waals surface area contributed by atoms with Crippen molar-refractivity contribution in [3.8, 4) is 0 Å². The Balaban J connectivity index is 1.61. The van der Waals surface area contributed by atoms with Gasteiger partial charge in [-0.2, -0.15) is 0 Å². The van der Waals surface area contributed by atoms with E-state index < -0.39 is 53.3 Å². The molecular weight excluding hydrogens is 558 g/mol. The predicted octanol–water partition coefficient (Wildman–Crippen LogP) is 3.96. The van der Waals surface area contributed by atoms with Gasteiger partial charge in [0.15, 0.2) is 0 Å². The first-order valence-electron chi connectivity index (χ1n) is 13.6. The molecule has 1 aliphatic rings. The summed E-state index contributed by atoms with van der Waals surface area (Å²) in [5, 5.41) is 23.9. The van der Waals surface area contributed by atoms with Crippen molar-refractivity contribution in [3.05, 3.63) is 111 Å². The minimum Gasteiger partial charge on any atom is -0.480 e. The van der Waals surface area contributed by atoms with E-state index >= 15 is 0 Å². The van der Waals surface area contributed by atoms with Crippen molar-refractivity contribution in [3.63, 3.8) is 0 Å². The van der Waals surface area contributed by atoms with E-state index in [4.69, 9.17) is 9.47 Å². The largest absolute Gasteiger partial charge is 0.480 e. The van der Waals surface area contributed by atoms with Crippen LogP contribution in [0.1, 0.15) is 41.5 Å². The quantitative estimate of drug-likeness (QED) is 0.191. The standard InChI is InChI=1S/C31H31N3O9/c1-2-42-27(35)17-25(21-12-14-24(15-13-21)34(40)41)28(30(37)38)32-29(36)26-16-22-10-6-7-11-23(22)18-33(26)31(39)43-19-20-8-4-3-5-9-20/h3-15,25-26,28H,2,16-19H2,1H3,(H,32,36)(H,37,38)/t25-,26-,28+/m0/s1. The van der Waals surface area contributed by atoms with E-state index in [1.807, 2.05) is 24.3 Å². The molecule has 2 N–H and O–H groups in total. The Morgan fingerprint density at radius 1 is 0.977 bits per heavy atom. The van der Waals surface area contributed by atoms with Crippen LogP contribution in [0.5, 0.6) is 0 Å². The zero-order valence-corrected chi connectivity index (χ0v) is 23.4. The van der Waals surface area contributed by atoms with Crippen molar-refractivity contribution >= 4 is 29.6 Å². The molecule has 3 aromatic carbocycles. The predicted molar refractivity (Wildman–Crippen MR) is 153 cm³/mol. The number of nitrogens with zero attached hydrogens (tertiary/aromatic N) is 2. The average molecular weight is 590 g/mol. The Morgan fingerprint density at radius 3 is 2.26 bits per heavy atom. The van der Waals surface area contributed by atoms with Gasteiger partial charge in [0.2, 0.25) is 5.91 Å². The van der Waals surface area contributed by atoms with Gasteiger partial charge in [-0.15, -0.1) is 0 Å². The molecule has 0 radical (unpaired) electrons. The summed E-state index contributed by atoms with van der Waals surface area (Å²) in [6.45, 7) is 1.69. The van der Waals surface area contributed by atoms with E-state index in [0.717, 1.165) is 16.7 Å². The van der Waals surface area contributed by atoms with Crippen molar-refractivity contribution in [2.45, 2.75) is 50.9 Å². The van der Waals surface area contributed by atoms with Gasteiger partial charge in [-0.25, -0.2) is 9.59 Å². The highest BCUT2D eigenvalue weighted by Crippen LogP contribution is 2.29. The Hall–Kier alpha value is -5.26. The summed E-state index contributed by atoms with van der Waals surface area (Å²) >= 11 is 0. The van der Waals surface area contributed by atoms with E-state index in [2.05, 4.69) is 5.32 Å². The van der Waals surface area contributed by atoms with Gasteiger partial charge >= 0.3 is 18.0 Å². The number of carbonyl (C=O) groups excluding carboxylic acids is 3. The Morgan fingerprint density at radius 2 is 1.63 bits per heavy atom. The first-order chi connectivity index (χ1) is 20.7. The number of hydrogen-bond acceptors (Lipinski definition) is 8. The van der Waals surface area contributed by atoms with Gasteiger partial charge in [-0.05, 0) is 29.2 Å². The number of non-ortho nitro benzene ring substituents is 1. The molecule has 3 atom stereocenters. The number of carbonyl (C=O) groups is 4. The highest BCUT2D eigenvalue weighted by atomic mass is 16.6. The van der Waals surface area contributed by atoms with E-state index in [-0.39, 0.29) is 37.4 Å². The maximum absolute atomic E-state index is 13.8. The van der Waals surface area contributed by atoms with Crippen LogP contribution in [0.3, 0.4) is 0 Å². The fraction of sp³-hybridized carbons (Fsp3) is 0.290. The molecule has 224 valence electrons. The summed E-state index contributed by atoms with van der Waals surface area (Å²) in [4.78, 5) is 63.9. The monoisotopic (exact) mass is 589 g/mol. The van der Waals surface area contributed by atoms with Crippen LogP contribution in [0.4, 0.5) is 10.5 Å². The smallest absolute Gasteiger partial charge is 0.411 e. The molecule has 0 unspecified atom stereocenters. The third kappa shape index (κ3) is 7.73. The lowest BCUT2D eigenvalue weighted by Gasteiger charge is -2.36. The van der Waals surface area contributed by atoms with E-state index in [0.29, 0.717) is 0 Å². The number of esters is 1.